The second-order valence-corrected chi connectivity index (χ2v) is 7.70. The monoisotopic (exact) mass is 426 g/mol. The van der Waals surface area contributed by atoms with Crippen LogP contribution in [-0.2, 0) is 0 Å². The topological polar surface area (TPSA) is 90.6 Å². The molecular formula is C19H24Cl2N4O3. The molecular weight excluding hydrogens is 403 g/mol. The van der Waals surface area contributed by atoms with Gasteiger partial charge in [-0.25, -0.2) is 4.98 Å². The van der Waals surface area contributed by atoms with Crippen LogP contribution >= 0.6 is 23.2 Å². The number of aryl methyl sites for hydroxylation is 1. The van der Waals surface area contributed by atoms with Gasteiger partial charge in [-0.1, -0.05) is 29.3 Å². The second-order valence-electron chi connectivity index (χ2n) is 6.91. The molecule has 3 rings (SSSR count). The molecule has 1 aliphatic rings. The van der Waals surface area contributed by atoms with Crippen molar-refractivity contribution in [1.29, 1.82) is 0 Å². The van der Waals surface area contributed by atoms with E-state index in [1.807, 2.05) is 0 Å². The Morgan fingerprint density at radius 3 is 2.68 bits per heavy atom. The van der Waals surface area contributed by atoms with Gasteiger partial charge >= 0.3 is 0 Å². The van der Waals surface area contributed by atoms with E-state index in [1.54, 1.807) is 25.1 Å². The molecule has 1 aliphatic heterocycles. The van der Waals surface area contributed by atoms with E-state index >= 15 is 0 Å². The molecule has 0 unspecified atom stereocenters. The first kappa shape index (κ1) is 21.1. The summed E-state index contributed by atoms with van der Waals surface area (Å²) in [5.41, 5.74) is 0.305. The Bertz CT molecular complexity index is 882. The van der Waals surface area contributed by atoms with E-state index in [0.29, 0.717) is 33.9 Å². The fraction of sp³-hybridized carbons (Fsp3) is 0.474. The number of hydrogen-bond acceptors (Lipinski definition) is 6. The van der Waals surface area contributed by atoms with Crippen molar-refractivity contribution >= 4 is 29.0 Å². The van der Waals surface area contributed by atoms with Crippen molar-refractivity contribution in [3.63, 3.8) is 0 Å². The number of nitrogens with zero attached hydrogens (tertiary/aromatic N) is 3. The van der Waals surface area contributed by atoms with E-state index in [2.05, 4.69) is 15.2 Å². The van der Waals surface area contributed by atoms with Gasteiger partial charge < -0.3 is 20.4 Å². The average Bonchev–Trinajstić information content (AvgIpc) is 2.69. The zero-order valence-electron chi connectivity index (χ0n) is 15.6. The number of anilines is 1. The van der Waals surface area contributed by atoms with Crippen LogP contribution in [0.1, 0.15) is 18.7 Å². The number of benzene rings is 1. The molecule has 0 radical (unpaired) electrons. The normalized spacial score (nSPS) is 16.4. The fourth-order valence-electron chi connectivity index (χ4n) is 3.38. The van der Waals surface area contributed by atoms with E-state index in [0.717, 1.165) is 25.9 Å². The van der Waals surface area contributed by atoms with Crippen molar-refractivity contribution in [3.05, 3.63) is 50.5 Å². The first-order chi connectivity index (χ1) is 13.4. The van der Waals surface area contributed by atoms with E-state index in [-0.39, 0.29) is 18.2 Å². The highest BCUT2D eigenvalue weighted by atomic mass is 35.5. The standard InChI is InChI=1S/C19H24Cl2N4O3/c1-12-23-17(24-7-5-13(6-8-24)22-10-14(27)11-26)9-18(28)25(12)16-4-2-3-15(20)19(16)21/h2-4,9,13-14,22,26-27H,5-8,10-11H2,1H3/t14-/m0/s1. The van der Waals surface area contributed by atoms with E-state index < -0.39 is 6.10 Å². The Balaban J connectivity index is 1.74. The van der Waals surface area contributed by atoms with Crippen LogP contribution in [0.5, 0.6) is 0 Å². The molecule has 1 aromatic carbocycles. The van der Waals surface area contributed by atoms with Crippen molar-refractivity contribution in [1.82, 2.24) is 14.9 Å². The zero-order valence-corrected chi connectivity index (χ0v) is 17.1. The lowest BCUT2D eigenvalue weighted by Crippen LogP contribution is -2.45. The van der Waals surface area contributed by atoms with Gasteiger partial charge in [0.2, 0.25) is 0 Å². The summed E-state index contributed by atoms with van der Waals surface area (Å²) < 4.78 is 1.46. The molecule has 152 valence electrons. The average molecular weight is 427 g/mol. The van der Waals surface area contributed by atoms with Gasteiger partial charge in [-0.2, -0.15) is 0 Å². The van der Waals surface area contributed by atoms with Crippen LogP contribution in [0.15, 0.2) is 29.1 Å². The van der Waals surface area contributed by atoms with Gasteiger partial charge in [0.25, 0.3) is 5.56 Å². The molecule has 0 amide bonds. The molecule has 1 atom stereocenters. The summed E-state index contributed by atoms with van der Waals surface area (Å²) in [4.78, 5) is 19.5. The number of nitrogens with one attached hydrogen (secondary N) is 1. The van der Waals surface area contributed by atoms with Gasteiger partial charge in [-0.05, 0) is 31.9 Å². The molecule has 7 nitrogen and oxygen atoms in total. The predicted octanol–water partition coefficient (Wildman–Crippen LogP) is 1.76. The Kier molecular flexibility index (Phi) is 6.95. The SMILES string of the molecule is Cc1nc(N2CCC(NC[C@H](O)CO)CC2)cc(=O)n1-c1cccc(Cl)c1Cl. The van der Waals surface area contributed by atoms with Crippen LogP contribution in [0.25, 0.3) is 5.69 Å². The number of halogens is 2. The second kappa shape index (κ2) is 9.24. The molecule has 1 fully saturated rings. The van der Waals surface area contributed by atoms with Crippen LogP contribution in [0, 0.1) is 6.92 Å². The maximum absolute atomic E-state index is 12.8. The van der Waals surface area contributed by atoms with Crippen LogP contribution < -0.4 is 15.8 Å². The Hall–Kier alpha value is -1.64. The molecule has 0 bridgehead atoms. The largest absolute Gasteiger partial charge is 0.394 e. The fourth-order valence-corrected chi connectivity index (χ4v) is 3.76. The van der Waals surface area contributed by atoms with Crippen LogP contribution in [0.4, 0.5) is 5.82 Å². The lowest BCUT2D eigenvalue weighted by Gasteiger charge is -2.33. The summed E-state index contributed by atoms with van der Waals surface area (Å²) >= 11 is 12.3. The molecule has 0 spiro atoms. The van der Waals surface area contributed by atoms with Gasteiger partial charge in [-0.3, -0.25) is 9.36 Å². The smallest absolute Gasteiger partial charge is 0.260 e. The zero-order chi connectivity index (χ0) is 20.3. The van der Waals surface area contributed by atoms with Crippen molar-refractivity contribution in [2.75, 3.05) is 31.1 Å². The lowest BCUT2D eigenvalue weighted by molar-refractivity contribution is 0.0909. The van der Waals surface area contributed by atoms with Gasteiger partial charge in [0.1, 0.15) is 11.6 Å². The van der Waals surface area contributed by atoms with Gasteiger partial charge in [0.05, 0.1) is 28.4 Å². The van der Waals surface area contributed by atoms with Crippen LogP contribution in [0.3, 0.4) is 0 Å². The number of aliphatic hydroxyl groups excluding tert-OH is 2. The summed E-state index contributed by atoms with van der Waals surface area (Å²) in [5, 5.41) is 22.3. The van der Waals surface area contributed by atoms with Crippen LogP contribution in [0.2, 0.25) is 10.0 Å². The third kappa shape index (κ3) is 4.67. The predicted molar refractivity (Wildman–Crippen MR) is 111 cm³/mol. The summed E-state index contributed by atoms with van der Waals surface area (Å²) in [6, 6.07) is 6.95. The first-order valence-electron chi connectivity index (χ1n) is 9.23. The third-order valence-electron chi connectivity index (χ3n) is 4.92. The summed E-state index contributed by atoms with van der Waals surface area (Å²) in [7, 11) is 0. The first-order valence-corrected chi connectivity index (χ1v) is 9.98. The highest BCUT2D eigenvalue weighted by molar-refractivity contribution is 6.43. The van der Waals surface area contributed by atoms with Gasteiger partial charge in [-0.15, -0.1) is 0 Å². The third-order valence-corrected chi connectivity index (χ3v) is 5.73. The molecule has 1 aromatic heterocycles. The minimum atomic E-state index is -0.742. The van der Waals surface area contributed by atoms with E-state index in [4.69, 9.17) is 28.3 Å². The minimum Gasteiger partial charge on any atom is -0.394 e. The summed E-state index contributed by atoms with van der Waals surface area (Å²) in [6.45, 7) is 3.39. The highest BCUT2D eigenvalue weighted by Crippen LogP contribution is 2.28. The van der Waals surface area contributed by atoms with Crippen molar-refractivity contribution < 1.29 is 10.2 Å². The molecule has 2 aromatic rings. The molecule has 0 aliphatic carbocycles. The van der Waals surface area contributed by atoms with Crippen molar-refractivity contribution in [2.24, 2.45) is 0 Å². The van der Waals surface area contributed by atoms with Crippen molar-refractivity contribution in [2.45, 2.75) is 31.9 Å². The number of hydrogen-bond donors (Lipinski definition) is 3. The Labute approximate surface area is 173 Å². The molecule has 1 saturated heterocycles. The number of piperidine rings is 1. The van der Waals surface area contributed by atoms with Gasteiger partial charge in [0.15, 0.2) is 0 Å². The van der Waals surface area contributed by atoms with Gasteiger partial charge in [0, 0.05) is 31.7 Å². The van der Waals surface area contributed by atoms with Crippen molar-refractivity contribution in [3.8, 4) is 5.69 Å². The number of aliphatic hydroxyl groups is 2. The molecule has 28 heavy (non-hydrogen) atoms. The van der Waals surface area contributed by atoms with E-state index in [1.165, 1.54) is 10.6 Å². The number of aromatic nitrogens is 2. The number of rotatable bonds is 6. The summed E-state index contributed by atoms with van der Waals surface area (Å²) in [5.74, 6) is 1.18. The Morgan fingerprint density at radius 2 is 2.04 bits per heavy atom. The quantitative estimate of drug-likeness (QED) is 0.651. The summed E-state index contributed by atoms with van der Waals surface area (Å²) in [6.07, 6.45) is 0.984. The lowest BCUT2D eigenvalue weighted by atomic mass is 10.0. The molecule has 9 heteroatoms. The molecule has 3 N–H and O–H groups in total. The highest BCUT2D eigenvalue weighted by Gasteiger charge is 2.22. The molecule has 0 saturated carbocycles. The van der Waals surface area contributed by atoms with E-state index in [9.17, 15) is 9.90 Å². The van der Waals surface area contributed by atoms with Crippen LogP contribution in [-0.4, -0.2) is 58.2 Å². The Morgan fingerprint density at radius 1 is 1.32 bits per heavy atom. The maximum Gasteiger partial charge on any atom is 0.260 e. The maximum atomic E-state index is 12.8. The minimum absolute atomic E-state index is 0.210. The molecule has 2 heterocycles.